The number of methoxy groups -OCH3 is 1. The van der Waals surface area contributed by atoms with Crippen LogP contribution in [0.25, 0.3) is 16.7 Å². The SMILES string of the molecule is COc1ccc2c(c1)C(=O)c1nc3ncccc3c(=O)n1-2. The van der Waals surface area contributed by atoms with Crippen LogP contribution in [0.5, 0.6) is 5.75 Å². The molecule has 0 unspecified atom stereocenters. The van der Waals surface area contributed by atoms with Crippen molar-refractivity contribution in [3.63, 3.8) is 0 Å². The molecule has 1 aromatic carbocycles. The van der Waals surface area contributed by atoms with Crippen LogP contribution >= 0.6 is 0 Å². The molecular weight excluding hydrogens is 270 g/mol. The van der Waals surface area contributed by atoms with Gasteiger partial charge in [-0.3, -0.25) is 14.2 Å². The maximum Gasteiger partial charge on any atom is 0.267 e. The molecule has 2 aromatic heterocycles. The van der Waals surface area contributed by atoms with E-state index < -0.39 is 0 Å². The molecule has 0 saturated heterocycles. The topological polar surface area (TPSA) is 74.1 Å². The Hall–Kier alpha value is -3.02. The Bertz CT molecular complexity index is 976. The molecule has 0 amide bonds. The van der Waals surface area contributed by atoms with Gasteiger partial charge in [-0.2, -0.15) is 0 Å². The van der Waals surface area contributed by atoms with Crippen molar-refractivity contribution in [2.24, 2.45) is 0 Å². The third-order valence-corrected chi connectivity index (χ3v) is 3.54. The van der Waals surface area contributed by atoms with Gasteiger partial charge in [-0.05, 0) is 30.3 Å². The Morgan fingerprint density at radius 3 is 2.86 bits per heavy atom. The number of fused-ring (bicyclic) bond motifs is 4. The molecule has 0 fully saturated rings. The Morgan fingerprint density at radius 1 is 1.19 bits per heavy atom. The van der Waals surface area contributed by atoms with Crippen molar-refractivity contribution in [1.82, 2.24) is 14.5 Å². The summed E-state index contributed by atoms with van der Waals surface area (Å²) in [4.78, 5) is 33.3. The minimum atomic E-state index is -0.298. The molecule has 3 aromatic rings. The third-order valence-electron chi connectivity index (χ3n) is 3.54. The normalized spacial score (nSPS) is 12.3. The van der Waals surface area contributed by atoms with Crippen molar-refractivity contribution in [2.45, 2.75) is 0 Å². The highest BCUT2D eigenvalue weighted by molar-refractivity contribution is 6.13. The molecule has 102 valence electrons. The van der Waals surface area contributed by atoms with Gasteiger partial charge in [-0.15, -0.1) is 0 Å². The lowest BCUT2D eigenvalue weighted by molar-refractivity contribution is 0.103. The van der Waals surface area contributed by atoms with Gasteiger partial charge in [-0.25, -0.2) is 9.97 Å². The van der Waals surface area contributed by atoms with Crippen LogP contribution in [0, 0.1) is 0 Å². The second-order valence-corrected chi connectivity index (χ2v) is 4.66. The maximum absolute atomic E-state index is 12.6. The zero-order valence-corrected chi connectivity index (χ0v) is 11.0. The molecule has 6 heteroatoms. The number of rotatable bonds is 1. The summed E-state index contributed by atoms with van der Waals surface area (Å²) in [5, 5.41) is 0.387. The number of hydrogen-bond acceptors (Lipinski definition) is 5. The standard InChI is InChI=1S/C15H9N3O3/c1-21-8-4-5-11-10(7-8)12(19)14-17-13-9(3-2-6-16-13)15(20)18(11)14/h2-7H,1H3. The first-order valence-electron chi connectivity index (χ1n) is 6.31. The Morgan fingerprint density at radius 2 is 2.05 bits per heavy atom. The van der Waals surface area contributed by atoms with Gasteiger partial charge < -0.3 is 4.74 Å². The molecule has 3 heterocycles. The van der Waals surface area contributed by atoms with Gasteiger partial charge >= 0.3 is 0 Å². The summed E-state index contributed by atoms with van der Waals surface area (Å²) in [6.45, 7) is 0. The molecule has 0 saturated carbocycles. The van der Waals surface area contributed by atoms with Gasteiger partial charge in [0.2, 0.25) is 5.78 Å². The van der Waals surface area contributed by atoms with Crippen molar-refractivity contribution >= 4 is 16.8 Å². The van der Waals surface area contributed by atoms with E-state index in [1.165, 1.54) is 11.7 Å². The molecule has 1 aliphatic heterocycles. The van der Waals surface area contributed by atoms with Crippen LogP contribution in [-0.4, -0.2) is 27.4 Å². The fraction of sp³-hybridized carbons (Fsp3) is 0.0667. The highest BCUT2D eigenvalue weighted by Crippen LogP contribution is 2.29. The lowest BCUT2D eigenvalue weighted by Gasteiger charge is -2.05. The monoisotopic (exact) mass is 279 g/mol. The molecular formula is C15H9N3O3. The number of ketones is 1. The molecule has 4 rings (SSSR count). The van der Waals surface area contributed by atoms with Crippen LogP contribution in [0.4, 0.5) is 0 Å². The first-order chi connectivity index (χ1) is 10.2. The molecule has 0 atom stereocenters. The first-order valence-corrected chi connectivity index (χ1v) is 6.31. The number of aromatic nitrogens is 3. The highest BCUT2D eigenvalue weighted by Gasteiger charge is 2.30. The van der Waals surface area contributed by atoms with E-state index in [9.17, 15) is 9.59 Å². The van der Waals surface area contributed by atoms with E-state index in [2.05, 4.69) is 9.97 Å². The Balaban J connectivity index is 2.13. The molecule has 6 nitrogen and oxygen atoms in total. The van der Waals surface area contributed by atoms with Crippen LogP contribution < -0.4 is 10.3 Å². The zero-order valence-electron chi connectivity index (χ0n) is 11.0. The van der Waals surface area contributed by atoms with Crippen LogP contribution in [-0.2, 0) is 0 Å². The molecule has 0 aliphatic carbocycles. The number of carbonyl (C=O) groups excluding carboxylic acids is 1. The number of pyridine rings is 1. The molecule has 1 aliphatic rings. The largest absolute Gasteiger partial charge is 0.497 e. The van der Waals surface area contributed by atoms with Crippen molar-refractivity contribution in [1.29, 1.82) is 0 Å². The minimum absolute atomic E-state index is 0.0921. The molecule has 0 bridgehead atoms. The van der Waals surface area contributed by atoms with Gasteiger partial charge in [0.15, 0.2) is 11.5 Å². The predicted molar refractivity (Wildman–Crippen MR) is 75.1 cm³/mol. The summed E-state index contributed by atoms with van der Waals surface area (Å²) in [6.07, 6.45) is 1.54. The molecule has 21 heavy (non-hydrogen) atoms. The van der Waals surface area contributed by atoms with Crippen LogP contribution in [0.1, 0.15) is 16.2 Å². The fourth-order valence-electron chi connectivity index (χ4n) is 2.54. The van der Waals surface area contributed by atoms with Crippen molar-refractivity contribution in [3.05, 3.63) is 58.3 Å². The number of carbonyl (C=O) groups is 1. The van der Waals surface area contributed by atoms with E-state index in [0.717, 1.165) is 0 Å². The summed E-state index contributed by atoms with van der Waals surface area (Å²) in [7, 11) is 1.52. The van der Waals surface area contributed by atoms with Gasteiger partial charge in [-0.1, -0.05) is 0 Å². The Kier molecular flexibility index (Phi) is 2.24. The van der Waals surface area contributed by atoms with Gasteiger partial charge in [0, 0.05) is 6.20 Å². The second kappa shape index (κ2) is 3.99. The lowest BCUT2D eigenvalue weighted by Crippen LogP contribution is -2.21. The quantitative estimate of drug-likeness (QED) is 0.525. The van der Waals surface area contributed by atoms with E-state index in [1.807, 2.05) is 0 Å². The maximum atomic E-state index is 12.6. The third kappa shape index (κ3) is 1.47. The van der Waals surface area contributed by atoms with Crippen LogP contribution in [0.2, 0.25) is 0 Å². The summed E-state index contributed by atoms with van der Waals surface area (Å²) in [6, 6.07) is 8.33. The van der Waals surface area contributed by atoms with Crippen LogP contribution in [0.15, 0.2) is 41.3 Å². The number of benzene rings is 1. The predicted octanol–water partition coefficient (Wildman–Crippen LogP) is 1.33. The van der Waals surface area contributed by atoms with E-state index in [1.54, 1.807) is 36.5 Å². The summed E-state index contributed by atoms with van der Waals surface area (Å²) in [5.74, 6) is 0.355. The van der Waals surface area contributed by atoms with Crippen molar-refractivity contribution < 1.29 is 9.53 Å². The van der Waals surface area contributed by atoms with Crippen molar-refractivity contribution in [2.75, 3.05) is 7.11 Å². The lowest BCUT2D eigenvalue weighted by atomic mass is 10.1. The fourth-order valence-corrected chi connectivity index (χ4v) is 2.54. The van der Waals surface area contributed by atoms with Gasteiger partial charge in [0.05, 0.1) is 23.7 Å². The summed E-state index contributed by atoms with van der Waals surface area (Å²) >= 11 is 0. The minimum Gasteiger partial charge on any atom is -0.497 e. The highest BCUT2D eigenvalue weighted by atomic mass is 16.5. The average molecular weight is 279 g/mol. The smallest absolute Gasteiger partial charge is 0.267 e. The van der Waals surface area contributed by atoms with E-state index >= 15 is 0 Å². The van der Waals surface area contributed by atoms with Gasteiger partial charge in [0.25, 0.3) is 5.56 Å². The molecule has 0 N–H and O–H groups in total. The number of hydrogen-bond donors (Lipinski definition) is 0. The van der Waals surface area contributed by atoms with E-state index in [-0.39, 0.29) is 22.8 Å². The number of ether oxygens (including phenoxy) is 1. The van der Waals surface area contributed by atoms with E-state index in [0.29, 0.717) is 22.4 Å². The zero-order chi connectivity index (χ0) is 14.6. The molecule has 0 spiro atoms. The van der Waals surface area contributed by atoms with Crippen LogP contribution in [0.3, 0.4) is 0 Å². The first kappa shape index (κ1) is 11.8. The molecule has 0 radical (unpaired) electrons. The average Bonchev–Trinajstić information content (AvgIpc) is 2.80. The summed E-state index contributed by atoms with van der Waals surface area (Å²) < 4.78 is 6.46. The Labute approximate surface area is 118 Å². The second-order valence-electron chi connectivity index (χ2n) is 4.66. The van der Waals surface area contributed by atoms with E-state index in [4.69, 9.17) is 4.74 Å². The summed E-state index contributed by atoms with van der Waals surface area (Å²) in [5.41, 5.74) is 0.926. The van der Waals surface area contributed by atoms with Gasteiger partial charge in [0.1, 0.15) is 5.75 Å². The van der Waals surface area contributed by atoms with Crippen molar-refractivity contribution in [3.8, 4) is 11.4 Å². The number of nitrogens with zero attached hydrogens (tertiary/aromatic N) is 3.